The molecule has 0 atom stereocenters. The van der Waals surface area contributed by atoms with Crippen LogP contribution in [0.1, 0.15) is 0 Å². The molecule has 0 N–H and O–H groups in total. The Kier molecular flexibility index (Phi) is 6.43. The molecule has 9 rings (SSSR count). The summed E-state index contributed by atoms with van der Waals surface area (Å²) in [5, 5.41) is 4.83. The third-order valence-electron chi connectivity index (χ3n) is 8.83. The van der Waals surface area contributed by atoms with E-state index in [0.29, 0.717) is 17.5 Å². The highest BCUT2D eigenvalue weighted by molar-refractivity contribution is 6.14. The van der Waals surface area contributed by atoms with Gasteiger partial charge < -0.3 is 4.57 Å². The average molecular weight is 601 g/mol. The Bertz CT molecular complexity index is 2500. The van der Waals surface area contributed by atoms with E-state index in [1.165, 1.54) is 21.5 Å². The first kappa shape index (κ1) is 27.0. The molecule has 7 aromatic carbocycles. The maximum Gasteiger partial charge on any atom is 0.166 e. The van der Waals surface area contributed by atoms with Gasteiger partial charge in [-0.1, -0.05) is 140 Å². The third kappa shape index (κ3) is 4.75. The molecule has 0 saturated heterocycles. The predicted molar refractivity (Wildman–Crippen MR) is 193 cm³/mol. The number of aromatic nitrogens is 4. The number of hydrogen-bond acceptors (Lipinski definition) is 3. The highest BCUT2D eigenvalue weighted by atomic mass is 15.1. The molecule has 0 fully saturated rings. The minimum Gasteiger partial charge on any atom is -0.308 e. The first-order valence-electron chi connectivity index (χ1n) is 15.8. The molecule has 0 unspecified atom stereocenters. The van der Waals surface area contributed by atoms with E-state index in [1.54, 1.807) is 0 Å². The Labute approximate surface area is 272 Å². The fraction of sp³-hybridized carbons (Fsp3) is 0. The Morgan fingerprint density at radius 3 is 1.53 bits per heavy atom. The van der Waals surface area contributed by atoms with Crippen LogP contribution in [-0.2, 0) is 0 Å². The van der Waals surface area contributed by atoms with E-state index in [2.05, 4.69) is 114 Å². The highest BCUT2D eigenvalue weighted by Gasteiger charge is 2.20. The van der Waals surface area contributed by atoms with Gasteiger partial charge in [-0.2, -0.15) is 0 Å². The second-order valence-corrected chi connectivity index (χ2v) is 11.7. The monoisotopic (exact) mass is 600 g/mol. The van der Waals surface area contributed by atoms with E-state index in [4.69, 9.17) is 15.0 Å². The van der Waals surface area contributed by atoms with Gasteiger partial charge in [-0.15, -0.1) is 0 Å². The molecule has 4 heteroatoms. The molecule has 9 aromatic rings. The topological polar surface area (TPSA) is 43.6 Å². The minimum absolute atomic E-state index is 0.624. The van der Waals surface area contributed by atoms with Crippen molar-refractivity contribution >= 4 is 32.6 Å². The molecule has 0 radical (unpaired) electrons. The zero-order valence-electron chi connectivity index (χ0n) is 25.5. The van der Waals surface area contributed by atoms with Crippen LogP contribution < -0.4 is 0 Å². The lowest BCUT2D eigenvalue weighted by atomic mass is 10.0. The second kappa shape index (κ2) is 11.2. The Hall–Kier alpha value is -6.39. The summed E-state index contributed by atoms with van der Waals surface area (Å²) in [4.78, 5) is 15.3. The number of para-hydroxylation sites is 1. The van der Waals surface area contributed by atoms with Crippen LogP contribution in [0.4, 0.5) is 0 Å². The summed E-state index contributed by atoms with van der Waals surface area (Å²) >= 11 is 0. The van der Waals surface area contributed by atoms with Gasteiger partial charge in [-0.3, -0.25) is 0 Å². The van der Waals surface area contributed by atoms with Crippen molar-refractivity contribution < 1.29 is 0 Å². The molecule has 0 aliphatic rings. The van der Waals surface area contributed by atoms with Crippen LogP contribution in [0.3, 0.4) is 0 Å². The molecule has 2 aromatic heterocycles. The largest absolute Gasteiger partial charge is 0.308 e. The van der Waals surface area contributed by atoms with Gasteiger partial charge in [-0.05, 0) is 52.2 Å². The number of fused-ring (bicyclic) bond motifs is 4. The van der Waals surface area contributed by atoms with E-state index < -0.39 is 0 Å². The third-order valence-corrected chi connectivity index (χ3v) is 8.83. The van der Waals surface area contributed by atoms with E-state index >= 15 is 0 Å². The quantitative estimate of drug-likeness (QED) is 0.197. The highest BCUT2D eigenvalue weighted by Crippen LogP contribution is 2.39. The molecule has 0 bridgehead atoms. The summed E-state index contributed by atoms with van der Waals surface area (Å²) in [6.07, 6.45) is 0. The van der Waals surface area contributed by atoms with Crippen molar-refractivity contribution in [2.45, 2.75) is 0 Å². The lowest BCUT2D eigenvalue weighted by molar-refractivity contribution is 1.06. The molecule has 0 saturated carbocycles. The van der Waals surface area contributed by atoms with Crippen molar-refractivity contribution in [3.05, 3.63) is 170 Å². The van der Waals surface area contributed by atoms with E-state index in [-0.39, 0.29) is 0 Å². The molecular weight excluding hydrogens is 573 g/mol. The van der Waals surface area contributed by atoms with Crippen LogP contribution in [0.15, 0.2) is 170 Å². The van der Waals surface area contributed by atoms with E-state index in [9.17, 15) is 0 Å². The smallest absolute Gasteiger partial charge is 0.166 e. The lowest BCUT2D eigenvalue weighted by Crippen LogP contribution is -2.04. The summed E-state index contributed by atoms with van der Waals surface area (Å²) in [5.41, 5.74) is 8.36. The van der Waals surface area contributed by atoms with Crippen molar-refractivity contribution in [3.8, 4) is 51.0 Å². The molecule has 0 aliphatic carbocycles. The van der Waals surface area contributed by atoms with Gasteiger partial charge in [0.25, 0.3) is 0 Å². The standard InChI is InChI=1S/C43H28N4/c1-4-14-29(15-5-1)34-24-25-36(43-45-41(30-16-6-2-7-17-30)44-42(46-43)31-18-8-3-9-19-31)39(28-34)47-38-23-13-12-22-35(38)37-26-32-20-10-11-21-33(32)27-40(37)47/h1-28H. The van der Waals surface area contributed by atoms with Crippen molar-refractivity contribution in [3.63, 3.8) is 0 Å². The van der Waals surface area contributed by atoms with Crippen molar-refractivity contribution in [1.82, 2.24) is 19.5 Å². The average Bonchev–Trinajstić information content (AvgIpc) is 3.47. The Morgan fingerprint density at radius 2 is 0.872 bits per heavy atom. The van der Waals surface area contributed by atoms with Gasteiger partial charge in [-0.25, -0.2) is 15.0 Å². The van der Waals surface area contributed by atoms with Crippen LogP contribution >= 0.6 is 0 Å². The van der Waals surface area contributed by atoms with E-state index in [1.807, 2.05) is 60.7 Å². The van der Waals surface area contributed by atoms with E-state index in [0.717, 1.165) is 44.5 Å². The minimum atomic E-state index is 0.624. The second-order valence-electron chi connectivity index (χ2n) is 11.7. The van der Waals surface area contributed by atoms with Crippen LogP contribution in [0.2, 0.25) is 0 Å². The SMILES string of the molecule is c1ccc(-c2ccc(-c3nc(-c4ccccc4)nc(-c4ccccc4)n3)c(-n3c4ccccc4c4cc5ccccc5cc43)c2)cc1. The van der Waals surface area contributed by atoms with Gasteiger partial charge in [0.05, 0.1) is 16.7 Å². The zero-order valence-corrected chi connectivity index (χ0v) is 25.5. The normalized spacial score (nSPS) is 11.4. The Morgan fingerprint density at radius 1 is 0.340 bits per heavy atom. The van der Waals surface area contributed by atoms with Crippen molar-refractivity contribution in [1.29, 1.82) is 0 Å². The predicted octanol–water partition coefficient (Wildman–Crippen LogP) is 10.8. The van der Waals surface area contributed by atoms with Gasteiger partial charge in [0.1, 0.15) is 0 Å². The van der Waals surface area contributed by atoms with Crippen LogP contribution in [0, 0.1) is 0 Å². The molecule has 4 nitrogen and oxygen atoms in total. The number of rotatable bonds is 5. The summed E-state index contributed by atoms with van der Waals surface area (Å²) in [5.74, 6) is 1.90. The van der Waals surface area contributed by atoms with Gasteiger partial charge in [0.2, 0.25) is 0 Å². The lowest BCUT2D eigenvalue weighted by Gasteiger charge is -2.16. The van der Waals surface area contributed by atoms with Gasteiger partial charge in [0, 0.05) is 27.5 Å². The van der Waals surface area contributed by atoms with Crippen molar-refractivity contribution in [2.24, 2.45) is 0 Å². The number of benzene rings is 7. The first-order chi connectivity index (χ1) is 23.3. The fourth-order valence-corrected chi connectivity index (χ4v) is 6.56. The maximum absolute atomic E-state index is 5.15. The van der Waals surface area contributed by atoms with Crippen LogP contribution in [-0.4, -0.2) is 19.5 Å². The fourth-order valence-electron chi connectivity index (χ4n) is 6.56. The molecule has 0 aliphatic heterocycles. The Balaban J connectivity index is 1.38. The summed E-state index contributed by atoms with van der Waals surface area (Å²) < 4.78 is 2.38. The number of hydrogen-bond donors (Lipinski definition) is 0. The molecule has 47 heavy (non-hydrogen) atoms. The molecule has 220 valence electrons. The zero-order chi connectivity index (χ0) is 31.2. The summed E-state index contributed by atoms with van der Waals surface area (Å²) in [6, 6.07) is 59.3. The molecule has 2 heterocycles. The first-order valence-corrected chi connectivity index (χ1v) is 15.8. The summed E-state index contributed by atoms with van der Waals surface area (Å²) in [6.45, 7) is 0. The van der Waals surface area contributed by atoms with Gasteiger partial charge >= 0.3 is 0 Å². The number of nitrogens with zero attached hydrogens (tertiary/aromatic N) is 4. The summed E-state index contributed by atoms with van der Waals surface area (Å²) in [7, 11) is 0. The van der Waals surface area contributed by atoms with Gasteiger partial charge in [0.15, 0.2) is 17.5 Å². The molecular formula is C43H28N4. The molecule has 0 spiro atoms. The van der Waals surface area contributed by atoms with Crippen LogP contribution in [0.25, 0.3) is 83.6 Å². The molecule has 0 amide bonds. The maximum atomic E-state index is 5.15. The van der Waals surface area contributed by atoms with Crippen molar-refractivity contribution in [2.75, 3.05) is 0 Å². The van der Waals surface area contributed by atoms with Crippen LogP contribution in [0.5, 0.6) is 0 Å².